The number of hydrogen-bond acceptors (Lipinski definition) is 8. The molecule has 0 amide bonds. The lowest BCUT2D eigenvalue weighted by atomic mass is 10.4. The predicted molar refractivity (Wildman–Crippen MR) is 98.0 cm³/mol. The quantitative estimate of drug-likeness (QED) is 0.680. The Morgan fingerprint density at radius 3 is 2.44 bits per heavy atom. The van der Waals surface area contributed by atoms with Gasteiger partial charge in [0.1, 0.15) is 5.52 Å². The minimum atomic E-state index is -3.27. The fraction of sp³-hybridized carbons (Fsp3) is 0.533. The van der Waals surface area contributed by atoms with E-state index in [1.54, 1.807) is 12.4 Å². The molecule has 0 spiro atoms. The molecule has 0 fully saturated rings. The van der Waals surface area contributed by atoms with Gasteiger partial charge in [0.25, 0.3) is 0 Å². The molecule has 0 aliphatic heterocycles. The lowest BCUT2D eigenvalue weighted by Crippen LogP contribution is -2.06. The molecule has 2 aromatic rings. The van der Waals surface area contributed by atoms with Crippen molar-refractivity contribution in [2.45, 2.75) is 52.9 Å². The molecule has 2 heterocycles. The van der Waals surface area contributed by atoms with Crippen LogP contribution in [0, 0.1) is 0 Å². The Balaban J connectivity index is 2.08. The number of allylic oxidation sites excluding steroid dienone is 1. The van der Waals surface area contributed by atoms with Crippen molar-refractivity contribution < 1.29 is 13.6 Å². The Morgan fingerprint density at radius 1 is 1.20 bits per heavy atom. The van der Waals surface area contributed by atoms with Crippen LogP contribution in [0.15, 0.2) is 18.2 Å². The monoisotopic (exact) mass is 368 g/mol. The van der Waals surface area contributed by atoms with Crippen LogP contribution < -0.4 is 11.5 Å². The van der Waals surface area contributed by atoms with E-state index < -0.39 is 7.60 Å². The van der Waals surface area contributed by atoms with E-state index in [2.05, 4.69) is 15.0 Å². The summed E-state index contributed by atoms with van der Waals surface area (Å²) in [7, 11) is -3.27. The van der Waals surface area contributed by atoms with Crippen LogP contribution in [-0.2, 0) is 20.2 Å². The number of anilines is 2. The molecule has 0 unspecified atom stereocenters. The summed E-state index contributed by atoms with van der Waals surface area (Å²) in [5, 5.41) is 0. The van der Waals surface area contributed by atoms with E-state index in [0.29, 0.717) is 24.1 Å². The maximum Gasteiger partial charge on any atom is 0.354 e. The Bertz CT molecular complexity index is 788. The van der Waals surface area contributed by atoms with E-state index in [0.717, 1.165) is 0 Å². The fourth-order valence-corrected chi connectivity index (χ4v) is 4.02. The van der Waals surface area contributed by atoms with Crippen LogP contribution in [0.2, 0.25) is 0 Å². The zero-order valence-corrected chi connectivity index (χ0v) is 15.8. The van der Waals surface area contributed by atoms with Gasteiger partial charge >= 0.3 is 7.60 Å². The van der Waals surface area contributed by atoms with Crippen LogP contribution in [0.1, 0.15) is 34.1 Å². The maximum atomic E-state index is 12.7. The summed E-state index contributed by atoms with van der Waals surface area (Å²) < 4.78 is 25.4. The summed E-state index contributed by atoms with van der Waals surface area (Å²) in [6.45, 7) is 7.82. The lowest BCUT2D eigenvalue weighted by molar-refractivity contribution is 0.149. The van der Waals surface area contributed by atoms with Crippen molar-refractivity contribution in [3.63, 3.8) is 0 Å². The molecule has 9 nitrogen and oxygen atoms in total. The van der Waals surface area contributed by atoms with E-state index >= 15 is 0 Å². The van der Waals surface area contributed by atoms with Crippen molar-refractivity contribution >= 4 is 30.5 Å². The van der Waals surface area contributed by atoms with Gasteiger partial charge in [-0.2, -0.15) is 9.97 Å². The minimum absolute atomic E-state index is 0.0995. The molecule has 138 valence electrons. The van der Waals surface area contributed by atoms with Crippen molar-refractivity contribution in [3.8, 4) is 0 Å². The van der Waals surface area contributed by atoms with Gasteiger partial charge in [0.15, 0.2) is 11.5 Å². The van der Waals surface area contributed by atoms with E-state index in [1.807, 2.05) is 32.3 Å². The lowest BCUT2D eigenvalue weighted by Gasteiger charge is -2.19. The minimum Gasteiger partial charge on any atom is -0.382 e. The Hall–Kier alpha value is -1.96. The van der Waals surface area contributed by atoms with Crippen LogP contribution in [0.5, 0.6) is 0 Å². The molecule has 0 aliphatic carbocycles. The van der Waals surface area contributed by atoms with Crippen molar-refractivity contribution in [2.75, 3.05) is 11.5 Å². The number of nitrogens with zero attached hydrogens (tertiary/aromatic N) is 4. The van der Waals surface area contributed by atoms with E-state index in [4.69, 9.17) is 20.5 Å². The molecule has 0 saturated heterocycles. The molecule has 2 rings (SSSR count). The molecule has 10 heteroatoms. The van der Waals surface area contributed by atoms with Gasteiger partial charge in [-0.25, -0.2) is 4.98 Å². The zero-order chi connectivity index (χ0) is 18.6. The van der Waals surface area contributed by atoms with Crippen molar-refractivity contribution in [3.05, 3.63) is 18.2 Å². The molecule has 0 bridgehead atoms. The highest BCUT2D eigenvalue weighted by Crippen LogP contribution is 2.52. The van der Waals surface area contributed by atoms with Gasteiger partial charge < -0.3 is 25.1 Å². The summed E-state index contributed by atoms with van der Waals surface area (Å²) >= 11 is 0. The Kier molecular flexibility index (Phi) is 6.16. The van der Waals surface area contributed by atoms with Crippen molar-refractivity contribution in [1.82, 2.24) is 19.5 Å². The standard InChI is InChI=1S/C15H25N6O3P/c1-10(2)23-25(22,24-11(3)4)8-6-5-7-21-9-18-12-13(16)19-15(17)20-14(12)21/h6,8-11H,5,7H2,1-4H3,(H4,16,17,19,20). The largest absolute Gasteiger partial charge is 0.382 e. The SMILES string of the molecule is CC(C)OP(=O)(C=CCCn1cnc2c(N)nc(N)nc21)OC(C)C. The molecule has 0 radical (unpaired) electrons. The number of rotatable bonds is 8. The molecular formula is C15H25N6O3P. The normalized spacial score (nSPS) is 12.9. The Labute approximate surface area is 147 Å². The van der Waals surface area contributed by atoms with Gasteiger partial charge in [-0.3, -0.25) is 4.57 Å². The van der Waals surface area contributed by atoms with E-state index in [9.17, 15) is 4.57 Å². The first-order valence-electron chi connectivity index (χ1n) is 8.08. The topological polar surface area (TPSA) is 131 Å². The van der Waals surface area contributed by atoms with Crippen LogP contribution in [0.25, 0.3) is 11.2 Å². The molecule has 0 saturated carbocycles. The second-order valence-corrected chi connectivity index (χ2v) is 7.90. The highest BCUT2D eigenvalue weighted by molar-refractivity contribution is 7.57. The zero-order valence-electron chi connectivity index (χ0n) is 14.9. The van der Waals surface area contributed by atoms with Crippen LogP contribution in [0.4, 0.5) is 11.8 Å². The molecule has 2 aromatic heterocycles. The van der Waals surface area contributed by atoms with Gasteiger partial charge in [0.2, 0.25) is 5.95 Å². The van der Waals surface area contributed by atoms with Crippen molar-refractivity contribution in [1.29, 1.82) is 0 Å². The second kappa shape index (κ2) is 7.95. The Morgan fingerprint density at radius 2 is 1.84 bits per heavy atom. The van der Waals surface area contributed by atoms with Crippen LogP contribution in [0.3, 0.4) is 0 Å². The maximum absolute atomic E-state index is 12.7. The van der Waals surface area contributed by atoms with Gasteiger partial charge in [0, 0.05) is 12.4 Å². The van der Waals surface area contributed by atoms with Gasteiger partial charge in [0.05, 0.1) is 18.5 Å². The van der Waals surface area contributed by atoms with E-state index in [-0.39, 0.29) is 24.0 Å². The first-order chi connectivity index (χ1) is 11.7. The molecule has 0 aliphatic rings. The third kappa shape index (κ3) is 5.26. The fourth-order valence-electron chi connectivity index (χ4n) is 2.25. The summed E-state index contributed by atoms with van der Waals surface area (Å²) in [6.07, 6.45) is 3.58. The second-order valence-electron chi connectivity index (χ2n) is 6.10. The highest BCUT2D eigenvalue weighted by Gasteiger charge is 2.23. The summed E-state index contributed by atoms with van der Waals surface area (Å²) in [5.74, 6) is 1.85. The third-order valence-electron chi connectivity index (χ3n) is 3.05. The molecule has 25 heavy (non-hydrogen) atoms. The van der Waals surface area contributed by atoms with Crippen LogP contribution >= 0.6 is 7.60 Å². The number of nitrogens with two attached hydrogens (primary N) is 2. The average molecular weight is 368 g/mol. The first kappa shape index (κ1) is 19.4. The summed E-state index contributed by atoms with van der Waals surface area (Å²) in [6, 6.07) is 0. The van der Waals surface area contributed by atoms with Crippen LogP contribution in [-0.4, -0.2) is 31.7 Å². The molecule has 0 aromatic carbocycles. The summed E-state index contributed by atoms with van der Waals surface area (Å²) in [4.78, 5) is 12.2. The molecular weight excluding hydrogens is 343 g/mol. The molecule has 4 N–H and O–H groups in total. The third-order valence-corrected chi connectivity index (χ3v) is 5.06. The number of hydrogen-bond donors (Lipinski definition) is 2. The van der Waals surface area contributed by atoms with E-state index in [1.165, 1.54) is 5.82 Å². The number of nitrogen functional groups attached to an aromatic ring is 2. The van der Waals surface area contributed by atoms with Crippen molar-refractivity contribution in [2.24, 2.45) is 0 Å². The average Bonchev–Trinajstić information content (AvgIpc) is 2.85. The van der Waals surface area contributed by atoms with Gasteiger partial charge in [-0.15, -0.1) is 0 Å². The smallest absolute Gasteiger partial charge is 0.354 e. The molecule has 0 atom stereocenters. The number of aromatic nitrogens is 4. The highest BCUT2D eigenvalue weighted by atomic mass is 31.2. The van der Waals surface area contributed by atoms with Gasteiger partial charge in [-0.05, 0) is 34.1 Å². The van der Waals surface area contributed by atoms with Gasteiger partial charge in [-0.1, -0.05) is 6.08 Å². The summed E-state index contributed by atoms with van der Waals surface area (Å²) in [5.41, 5.74) is 12.5. The first-order valence-corrected chi connectivity index (χ1v) is 9.69. The predicted octanol–water partition coefficient (Wildman–Crippen LogP) is 2.94. The number of aryl methyl sites for hydroxylation is 1. The number of imidazole rings is 1. The number of fused-ring (bicyclic) bond motifs is 1.